The lowest BCUT2D eigenvalue weighted by Gasteiger charge is -2.23. The minimum Gasteiger partial charge on any atom is -0.315 e. The Morgan fingerprint density at radius 1 is 1.47 bits per heavy atom. The fourth-order valence-electron chi connectivity index (χ4n) is 1.75. The van der Waals surface area contributed by atoms with E-state index in [2.05, 4.69) is 42.4 Å². The van der Waals surface area contributed by atoms with Gasteiger partial charge in [0, 0.05) is 32.4 Å². The van der Waals surface area contributed by atoms with Crippen molar-refractivity contribution in [3.05, 3.63) is 18.0 Å². The highest BCUT2D eigenvalue weighted by molar-refractivity contribution is 5.03. The maximum atomic E-state index is 4.16. The lowest BCUT2D eigenvalue weighted by atomic mass is 10.2. The molecule has 1 N–H and O–H groups in total. The summed E-state index contributed by atoms with van der Waals surface area (Å²) in [6.45, 7) is 7.70. The number of aryl methyl sites for hydroxylation is 1. The zero-order chi connectivity index (χ0) is 12.7. The van der Waals surface area contributed by atoms with Gasteiger partial charge in [0.15, 0.2) is 0 Å². The zero-order valence-corrected chi connectivity index (χ0v) is 11.6. The van der Waals surface area contributed by atoms with Gasteiger partial charge < -0.3 is 10.2 Å². The molecule has 1 atom stereocenters. The molecule has 0 saturated heterocycles. The normalized spacial score (nSPS) is 13.2. The average Bonchev–Trinajstić information content (AvgIpc) is 2.73. The van der Waals surface area contributed by atoms with Crippen molar-refractivity contribution in [1.29, 1.82) is 0 Å². The molecule has 1 unspecified atom stereocenters. The number of rotatable bonds is 8. The standard InChI is InChI=1S/C13H26N4/c1-5-12(2)16(3)9-8-14-7-6-13-10-15-17(4)11-13/h10-12,14H,5-9H2,1-4H3. The van der Waals surface area contributed by atoms with E-state index in [0.717, 1.165) is 26.1 Å². The minimum atomic E-state index is 0.676. The molecule has 4 nitrogen and oxygen atoms in total. The van der Waals surface area contributed by atoms with Gasteiger partial charge in [0.05, 0.1) is 6.20 Å². The van der Waals surface area contributed by atoms with E-state index in [4.69, 9.17) is 0 Å². The van der Waals surface area contributed by atoms with Gasteiger partial charge in [0.1, 0.15) is 0 Å². The molecule has 1 aromatic rings. The summed E-state index contributed by atoms with van der Waals surface area (Å²) < 4.78 is 1.85. The monoisotopic (exact) mass is 238 g/mol. The molecule has 17 heavy (non-hydrogen) atoms. The highest BCUT2D eigenvalue weighted by Gasteiger charge is 2.05. The van der Waals surface area contributed by atoms with Gasteiger partial charge in [-0.05, 0) is 38.9 Å². The number of nitrogens with one attached hydrogen (secondary N) is 1. The summed E-state index contributed by atoms with van der Waals surface area (Å²) in [4.78, 5) is 2.40. The van der Waals surface area contributed by atoms with Crippen LogP contribution >= 0.6 is 0 Å². The molecule has 1 aromatic heterocycles. The van der Waals surface area contributed by atoms with Crippen LogP contribution in [0.5, 0.6) is 0 Å². The second kappa shape index (κ2) is 7.45. The van der Waals surface area contributed by atoms with Crippen LogP contribution in [0, 0.1) is 0 Å². The Kier molecular flexibility index (Phi) is 6.22. The maximum Gasteiger partial charge on any atom is 0.0522 e. The summed E-state index contributed by atoms with van der Waals surface area (Å²) in [6.07, 6.45) is 6.28. The van der Waals surface area contributed by atoms with Gasteiger partial charge in [0.25, 0.3) is 0 Å². The fourth-order valence-corrected chi connectivity index (χ4v) is 1.75. The lowest BCUT2D eigenvalue weighted by molar-refractivity contribution is 0.252. The van der Waals surface area contributed by atoms with Crippen molar-refractivity contribution in [2.75, 3.05) is 26.7 Å². The molecule has 0 aliphatic rings. The largest absolute Gasteiger partial charge is 0.315 e. The topological polar surface area (TPSA) is 33.1 Å². The third-order valence-corrected chi connectivity index (χ3v) is 3.33. The molecular formula is C13H26N4. The third kappa shape index (κ3) is 5.33. The Balaban J connectivity index is 2.05. The highest BCUT2D eigenvalue weighted by Crippen LogP contribution is 1.98. The first-order chi connectivity index (χ1) is 8.13. The molecule has 4 heteroatoms. The first-order valence-corrected chi connectivity index (χ1v) is 6.52. The van der Waals surface area contributed by atoms with E-state index in [1.54, 1.807) is 0 Å². The quantitative estimate of drug-likeness (QED) is 0.693. The fraction of sp³-hybridized carbons (Fsp3) is 0.769. The number of hydrogen-bond acceptors (Lipinski definition) is 3. The van der Waals surface area contributed by atoms with Crippen molar-refractivity contribution < 1.29 is 0 Å². The van der Waals surface area contributed by atoms with Gasteiger partial charge in [-0.1, -0.05) is 6.92 Å². The predicted molar refractivity (Wildman–Crippen MR) is 72.2 cm³/mol. The van der Waals surface area contributed by atoms with Gasteiger partial charge in [-0.15, -0.1) is 0 Å². The molecular weight excluding hydrogens is 212 g/mol. The van der Waals surface area contributed by atoms with Gasteiger partial charge >= 0.3 is 0 Å². The Morgan fingerprint density at radius 3 is 2.82 bits per heavy atom. The average molecular weight is 238 g/mol. The van der Waals surface area contributed by atoms with Crippen molar-refractivity contribution in [2.24, 2.45) is 7.05 Å². The van der Waals surface area contributed by atoms with E-state index < -0.39 is 0 Å². The first-order valence-electron chi connectivity index (χ1n) is 6.52. The van der Waals surface area contributed by atoms with Crippen LogP contribution < -0.4 is 5.32 Å². The van der Waals surface area contributed by atoms with Crippen LogP contribution in [-0.4, -0.2) is 47.4 Å². The van der Waals surface area contributed by atoms with Crippen LogP contribution in [-0.2, 0) is 13.5 Å². The molecule has 0 aliphatic carbocycles. The molecule has 1 rings (SSSR count). The Labute approximate surface area is 105 Å². The van der Waals surface area contributed by atoms with Crippen LogP contribution in [0.1, 0.15) is 25.8 Å². The summed E-state index contributed by atoms with van der Waals surface area (Å²) in [7, 11) is 4.15. The molecule has 0 amide bonds. The maximum absolute atomic E-state index is 4.16. The minimum absolute atomic E-state index is 0.676. The molecule has 98 valence electrons. The van der Waals surface area contributed by atoms with Crippen molar-refractivity contribution in [3.63, 3.8) is 0 Å². The Morgan fingerprint density at radius 2 is 2.24 bits per heavy atom. The van der Waals surface area contributed by atoms with E-state index in [9.17, 15) is 0 Å². The number of nitrogens with zero attached hydrogens (tertiary/aromatic N) is 3. The number of likely N-dealkylation sites (N-methyl/N-ethyl adjacent to an activating group) is 1. The van der Waals surface area contributed by atoms with Crippen molar-refractivity contribution in [2.45, 2.75) is 32.7 Å². The molecule has 0 aliphatic heterocycles. The smallest absolute Gasteiger partial charge is 0.0522 e. The van der Waals surface area contributed by atoms with Crippen LogP contribution in [0.4, 0.5) is 0 Å². The Bertz CT molecular complexity index is 308. The third-order valence-electron chi connectivity index (χ3n) is 3.33. The van der Waals surface area contributed by atoms with E-state index in [0.29, 0.717) is 6.04 Å². The Hall–Kier alpha value is -0.870. The second-order valence-corrected chi connectivity index (χ2v) is 4.76. The molecule has 1 heterocycles. The molecule has 0 fully saturated rings. The summed E-state index contributed by atoms with van der Waals surface area (Å²) in [5.74, 6) is 0. The number of hydrogen-bond donors (Lipinski definition) is 1. The van der Waals surface area contributed by atoms with Crippen molar-refractivity contribution >= 4 is 0 Å². The van der Waals surface area contributed by atoms with Crippen LogP contribution in [0.2, 0.25) is 0 Å². The SMILES string of the molecule is CCC(C)N(C)CCNCCc1cnn(C)c1. The molecule has 0 aromatic carbocycles. The second-order valence-electron chi connectivity index (χ2n) is 4.76. The van der Waals surface area contributed by atoms with Gasteiger partial charge in [-0.25, -0.2) is 0 Å². The zero-order valence-electron chi connectivity index (χ0n) is 11.6. The highest BCUT2D eigenvalue weighted by atomic mass is 15.2. The van der Waals surface area contributed by atoms with Crippen molar-refractivity contribution in [3.8, 4) is 0 Å². The van der Waals surface area contributed by atoms with Gasteiger partial charge in [-0.2, -0.15) is 5.10 Å². The van der Waals surface area contributed by atoms with E-state index >= 15 is 0 Å². The lowest BCUT2D eigenvalue weighted by Crippen LogP contribution is -2.35. The molecule has 0 saturated carbocycles. The van der Waals surface area contributed by atoms with Gasteiger partial charge in [-0.3, -0.25) is 4.68 Å². The summed E-state index contributed by atoms with van der Waals surface area (Å²) in [5.41, 5.74) is 1.30. The van der Waals surface area contributed by atoms with E-state index in [1.165, 1.54) is 12.0 Å². The molecule has 0 bridgehead atoms. The molecule has 0 spiro atoms. The van der Waals surface area contributed by atoms with E-state index in [1.807, 2.05) is 17.9 Å². The molecule has 0 radical (unpaired) electrons. The number of aromatic nitrogens is 2. The van der Waals surface area contributed by atoms with Crippen molar-refractivity contribution in [1.82, 2.24) is 20.0 Å². The summed E-state index contributed by atoms with van der Waals surface area (Å²) >= 11 is 0. The summed E-state index contributed by atoms with van der Waals surface area (Å²) in [6, 6.07) is 0.676. The summed E-state index contributed by atoms with van der Waals surface area (Å²) in [5, 5.41) is 7.63. The van der Waals surface area contributed by atoms with Crippen LogP contribution in [0.15, 0.2) is 12.4 Å². The first kappa shape index (κ1) is 14.2. The van der Waals surface area contributed by atoms with Gasteiger partial charge in [0.2, 0.25) is 0 Å². The van der Waals surface area contributed by atoms with E-state index in [-0.39, 0.29) is 0 Å². The van der Waals surface area contributed by atoms with Crippen LogP contribution in [0.25, 0.3) is 0 Å². The predicted octanol–water partition coefficient (Wildman–Crippen LogP) is 1.28. The van der Waals surface area contributed by atoms with Crippen LogP contribution in [0.3, 0.4) is 0 Å².